The molecule has 21 heavy (non-hydrogen) atoms. The number of nitrogens with zero attached hydrogens (tertiary/aromatic N) is 2. The van der Waals surface area contributed by atoms with Gasteiger partial charge in [-0.3, -0.25) is 14.5 Å². The van der Waals surface area contributed by atoms with Crippen LogP contribution in [0.1, 0.15) is 51.9 Å². The maximum Gasteiger partial charge on any atom is 0.221 e. The normalized spacial score (nSPS) is 26.8. The van der Waals surface area contributed by atoms with Crippen molar-refractivity contribution in [2.75, 3.05) is 32.7 Å². The number of carbonyl (C=O) groups is 2. The molecule has 2 heterocycles. The number of nitrogens with one attached hydrogen (secondary N) is 1. The van der Waals surface area contributed by atoms with E-state index in [0.717, 1.165) is 51.9 Å². The van der Waals surface area contributed by atoms with Crippen molar-refractivity contribution in [3.8, 4) is 0 Å². The largest absolute Gasteiger partial charge is 0.356 e. The summed E-state index contributed by atoms with van der Waals surface area (Å²) in [4.78, 5) is 28.0. The highest BCUT2D eigenvalue weighted by atomic mass is 16.2. The lowest BCUT2D eigenvalue weighted by molar-refractivity contribution is -0.129. The van der Waals surface area contributed by atoms with Crippen LogP contribution in [0.15, 0.2) is 0 Å². The summed E-state index contributed by atoms with van der Waals surface area (Å²) >= 11 is 0. The van der Waals surface area contributed by atoms with Crippen LogP contribution in [0.25, 0.3) is 0 Å². The van der Waals surface area contributed by atoms with Crippen molar-refractivity contribution < 1.29 is 9.59 Å². The smallest absolute Gasteiger partial charge is 0.221 e. The molecule has 5 heteroatoms. The van der Waals surface area contributed by atoms with Crippen molar-refractivity contribution in [3.05, 3.63) is 0 Å². The van der Waals surface area contributed by atoms with E-state index in [1.807, 2.05) is 4.90 Å². The van der Waals surface area contributed by atoms with E-state index in [1.54, 1.807) is 6.92 Å². The highest BCUT2D eigenvalue weighted by molar-refractivity contribution is 5.76. The molecule has 0 radical (unpaired) electrons. The lowest BCUT2D eigenvalue weighted by Crippen LogP contribution is -2.43. The fourth-order valence-electron chi connectivity index (χ4n) is 3.41. The molecular formula is C16H29N3O2. The molecule has 0 aliphatic carbocycles. The zero-order valence-corrected chi connectivity index (χ0v) is 13.3. The lowest BCUT2D eigenvalue weighted by Gasteiger charge is -2.35. The van der Waals surface area contributed by atoms with Gasteiger partial charge in [-0.15, -0.1) is 0 Å². The van der Waals surface area contributed by atoms with Crippen molar-refractivity contribution in [2.45, 2.75) is 57.9 Å². The molecule has 5 nitrogen and oxygen atoms in total. The molecule has 2 rings (SSSR count). The monoisotopic (exact) mass is 295 g/mol. The van der Waals surface area contributed by atoms with E-state index in [4.69, 9.17) is 0 Å². The Morgan fingerprint density at radius 3 is 2.48 bits per heavy atom. The zero-order valence-electron chi connectivity index (χ0n) is 13.3. The zero-order chi connectivity index (χ0) is 15.1. The molecule has 0 saturated carbocycles. The van der Waals surface area contributed by atoms with Crippen molar-refractivity contribution in [1.29, 1.82) is 0 Å². The molecule has 0 aromatic carbocycles. The molecule has 2 saturated heterocycles. The second-order valence-corrected chi connectivity index (χ2v) is 6.31. The first-order chi connectivity index (χ1) is 10.2. The van der Waals surface area contributed by atoms with Gasteiger partial charge >= 0.3 is 0 Å². The summed E-state index contributed by atoms with van der Waals surface area (Å²) < 4.78 is 0. The van der Waals surface area contributed by atoms with Crippen LogP contribution in [0.3, 0.4) is 0 Å². The van der Waals surface area contributed by atoms with Gasteiger partial charge in [-0.1, -0.05) is 6.42 Å². The van der Waals surface area contributed by atoms with Crippen molar-refractivity contribution in [1.82, 2.24) is 15.1 Å². The van der Waals surface area contributed by atoms with E-state index in [0.29, 0.717) is 19.0 Å². The third-order valence-corrected chi connectivity index (χ3v) is 4.67. The second-order valence-electron chi connectivity index (χ2n) is 6.31. The predicted octanol–water partition coefficient (Wildman–Crippen LogP) is 1.38. The summed E-state index contributed by atoms with van der Waals surface area (Å²) in [6, 6.07) is 0.420. The Morgan fingerprint density at radius 1 is 1.05 bits per heavy atom. The Balaban J connectivity index is 1.93. The number of rotatable bonds is 0. The number of fused-ring (bicyclic) bond motifs is 1. The van der Waals surface area contributed by atoms with Crippen LogP contribution in [0.5, 0.6) is 0 Å². The van der Waals surface area contributed by atoms with Crippen LogP contribution >= 0.6 is 0 Å². The highest BCUT2D eigenvalue weighted by Crippen LogP contribution is 2.20. The number of amides is 2. The Hall–Kier alpha value is -1.10. The lowest BCUT2D eigenvalue weighted by atomic mass is 9.98. The van der Waals surface area contributed by atoms with Gasteiger partial charge in [0.1, 0.15) is 0 Å². The molecule has 0 spiro atoms. The van der Waals surface area contributed by atoms with Crippen LogP contribution < -0.4 is 5.32 Å². The molecule has 1 atom stereocenters. The average Bonchev–Trinajstić information content (AvgIpc) is 2.47. The maximum absolute atomic E-state index is 12.0. The standard InChI is InChI=1S/C16H29N3O2/c1-14(20)18-9-4-5-11-19-10-3-2-7-15(19)13-16(21)17-8-6-12-18/h15H,2-13H2,1H3,(H,17,21). The molecule has 0 aromatic rings. The summed E-state index contributed by atoms with van der Waals surface area (Å²) in [6.07, 6.45) is 7.29. The average molecular weight is 295 g/mol. The van der Waals surface area contributed by atoms with Gasteiger partial charge in [0.2, 0.25) is 11.8 Å². The van der Waals surface area contributed by atoms with Crippen molar-refractivity contribution in [2.24, 2.45) is 0 Å². The Kier molecular flexibility index (Phi) is 6.49. The van der Waals surface area contributed by atoms with E-state index in [1.165, 1.54) is 12.8 Å². The van der Waals surface area contributed by atoms with E-state index in [2.05, 4.69) is 10.2 Å². The summed E-state index contributed by atoms with van der Waals surface area (Å²) in [7, 11) is 0. The fraction of sp³-hybridized carbons (Fsp3) is 0.875. The number of hydrogen-bond acceptors (Lipinski definition) is 3. The molecular weight excluding hydrogens is 266 g/mol. The number of hydrogen-bond donors (Lipinski definition) is 1. The summed E-state index contributed by atoms with van der Waals surface area (Å²) in [5, 5.41) is 3.01. The Morgan fingerprint density at radius 2 is 1.71 bits per heavy atom. The van der Waals surface area contributed by atoms with Gasteiger partial charge in [-0.05, 0) is 45.2 Å². The van der Waals surface area contributed by atoms with Gasteiger partial charge in [0.25, 0.3) is 0 Å². The fourth-order valence-corrected chi connectivity index (χ4v) is 3.41. The molecule has 2 aliphatic heterocycles. The molecule has 2 aliphatic rings. The molecule has 1 N–H and O–H groups in total. The molecule has 1 unspecified atom stereocenters. The minimum Gasteiger partial charge on any atom is -0.356 e. The van der Waals surface area contributed by atoms with Gasteiger partial charge in [-0.25, -0.2) is 0 Å². The topological polar surface area (TPSA) is 52.7 Å². The third kappa shape index (κ3) is 5.30. The van der Waals surface area contributed by atoms with Gasteiger partial charge in [0.15, 0.2) is 0 Å². The summed E-state index contributed by atoms with van der Waals surface area (Å²) in [6.45, 7) is 6.09. The first-order valence-corrected chi connectivity index (χ1v) is 8.43. The van der Waals surface area contributed by atoms with Gasteiger partial charge in [-0.2, -0.15) is 0 Å². The predicted molar refractivity (Wildman–Crippen MR) is 82.9 cm³/mol. The second kappa shape index (κ2) is 8.37. The Labute approximate surface area is 128 Å². The number of piperidine rings is 1. The quantitative estimate of drug-likeness (QED) is 0.734. The molecule has 0 aromatic heterocycles. The third-order valence-electron chi connectivity index (χ3n) is 4.67. The van der Waals surface area contributed by atoms with Gasteiger partial charge in [0, 0.05) is 39.0 Å². The van der Waals surface area contributed by atoms with Gasteiger partial charge < -0.3 is 10.2 Å². The van der Waals surface area contributed by atoms with Gasteiger partial charge in [0.05, 0.1) is 0 Å². The first kappa shape index (κ1) is 16.3. The molecule has 2 fully saturated rings. The van der Waals surface area contributed by atoms with E-state index in [-0.39, 0.29) is 11.8 Å². The minimum atomic E-state index is 0.145. The minimum absolute atomic E-state index is 0.145. The first-order valence-electron chi connectivity index (χ1n) is 8.43. The molecule has 2 amide bonds. The van der Waals surface area contributed by atoms with Crippen LogP contribution in [-0.4, -0.2) is 60.4 Å². The molecule has 120 valence electrons. The maximum atomic E-state index is 12.0. The van der Waals surface area contributed by atoms with Crippen LogP contribution in [0.4, 0.5) is 0 Å². The van der Waals surface area contributed by atoms with Crippen molar-refractivity contribution >= 4 is 11.8 Å². The summed E-state index contributed by atoms with van der Waals surface area (Å²) in [5.74, 6) is 0.313. The van der Waals surface area contributed by atoms with Crippen LogP contribution in [0.2, 0.25) is 0 Å². The highest BCUT2D eigenvalue weighted by Gasteiger charge is 2.24. The van der Waals surface area contributed by atoms with E-state index >= 15 is 0 Å². The SMILES string of the molecule is CC(=O)N1CCCCN2CCCCC2CC(=O)NCCC1. The van der Waals surface area contributed by atoms with Crippen LogP contribution in [0, 0.1) is 0 Å². The van der Waals surface area contributed by atoms with Crippen LogP contribution in [-0.2, 0) is 9.59 Å². The van der Waals surface area contributed by atoms with E-state index < -0.39 is 0 Å². The molecule has 0 bridgehead atoms. The van der Waals surface area contributed by atoms with E-state index in [9.17, 15) is 9.59 Å². The Bertz CT molecular complexity index is 359. The number of carbonyl (C=O) groups excluding carboxylic acids is 2. The van der Waals surface area contributed by atoms with Crippen molar-refractivity contribution in [3.63, 3.8) is 0 Å². The summed E-state index contributed by atoms with van der Waals surface area (Å²) in [5.41, 5.74) is 0.